The standard InChI is InChI=1S/C17H17FO3/c1-3-10-21-14-7-4-12(5-8-14)17(19)13-6-9-16(20-2)15(18)11-13/h4-9,11H,3,10H2,1-2H3. The normalized spacial score (nSPS) is 10.2. The lowest BCUT2D eigenvalue weighted by Crippen LogP contribution is -2.03. The van der Waals surface area contributed by atoms with E-state index in [0.29, 0.717) is 17.9 Å². The highest BCUT2D eigenvalue weighted by Gasteiger charge is 2.12. The van der Waals surface area contributed by atoms with Crippen LogP contribution < -0.4 is 9.47 Å². The molecular weight excluding hydrogens is 271 g/mol. The second-order valence-electron chi connectivity index (χ2n) is 4.55. The Balaban J connectivity index is 2.17. The average molecular weight is 288 g/mol. The molecule has 2 rings (SSSR count). The molecule has 0 spiro atoms. The highest BCUT2D eigenvalue weighted by molar-refractivity contribution is 6.09. The number of halogens is 1. The van der Waals surface area contributed by atoms with Crippen molar-refractivity contribution < 1.29 is 18.7 Å². The summed E-state index contributed by atoms with van der Waals surface area (Å²) >= 11 is 0. The fourth-order valence-corrected chi connectivity index (χ4v) is 1.90. The molecule has 4 heteroatoms. The topological polar surface area (TPSA) is 35.5 Å². The molecule has 3 nitrogen and oxygen atoms in total. The molecule has 0 saturated carbocycles. The van der Waals surface area contributed by atoms with Gasteiger partial charge >= 0.3 is 0 Å². The van der Waals surface area contributed by atoms with E-state index in [1.165, 1.54) is 19.2 Å². The molecule has 0 heterocycles. The Labute approximate surface area is 123 Å². The third-order valence-corrected chi connectivity index (χ3v) is 3.00. The van der Waals surface area contributed by atoms with Gasteiger partial charge in [-0.2, -0.15) is 0 Å². The maximum atomic E-state index is 13.6. The van der Waals surface area contributed by atoms with Crippen LogP contribution in [0.5, 0.6) is 11.5 Å². The summed E-state index contributed by atoms with van der Waals surface area (Å²) in [6.45, 7) is 2.66. The Morgan fingerprint density at radius 1 is 1.10 bits per heavy atom. The molecule has 0 N–H and O–H groups in total. The summed E-state index contributed by atoms with van der Waals surface area (Å²) < 4.78 is 23.9. The van der Waals surface area contributed by atoms with Gasteiger partial charge in [0, 0.05) is 11.1 Å². The Morgan fingerprint density at radius 2 is 1.76 bits per heavy atom. The molecule has 0 aromatic heterocycles. The minimum Gasteiger partial charge on any atom is -0.494 e. The third kappa shape index (κ3) is 3.60. The average Bonchev–Trinajstić information content (AvgIpc) is 2.52. The highest BCUT2D eigenvalue weighted by atomic mass is 19.1. The molecule has 0 amide bonds. The number of carbonyl (C=O) groups is 1. The van der Waals surface area contributed by atoms with E-state index < -0.39 is 5.82 Å². The lowest BCUT2D eigenvalue weighted by molar-refractivity contribution is 0.103. The van der Waals surface area contributed by atoms with Gasteiger partial charge in [-0.15, -0.1) is 0 Å². The summed E-state index contributed by atoms with van der Waals surface area (Å²) in [6.07, 6.45) is 0.922. The van der Waals surface area contributed by atoms with Crippen molar-refractivity contribution >= 4 is 5.78 Å². The van der Waals surface area contributed by atoms with Crippen LogP contribution in [0.1, 0.15) is 29.3 Å². The molecule has 0 bridgehead atoms. The maximum Gasteiger partial charge on any atom is 0.193 e. The van der Waals surface area contributed by atoms with Gasteiger partial charge in [0.1, 0.15) is 5.75 Å². The molecule has 0 aliphatic carbocycles. The van der Waals surface area contributed by atoms with E-state index >= 15 is 0 Å². The van der Waals surface area contributed by atoms with Gasteiger partial charge in [-0.25, -0.2) is 4.39 Å². The predicted molar refractivity (Wildman–Crippen MR) is 78.6 cm³/mol. The summed E-state index contributed by atoms with van der Waals surface area (Å²) in [6, 6.07) is 11.0. The van der Waals surface area contributed by atoms with Crippen molar-refractivity contribution in [2.75, 3.05) is 13.7 Å². The molecule has 0 radical (unpaired) electrons. The van der Waals surface area contributed by atoms with Crippen LogP contribution in [-0.4, -0.2) is 19.5 Å². The van der Waals surface area contributed by atoms with Crippen LogP contribution in [0.3, 0.4) is 0 Å². The Morgan fingerprint density at radius 3 is 2.33 bits per heavy atom. The molecule has 0 saturated heterocycles. The van der Waals surface area contributed by atoms with Crippen molar-refractivity contribution in [2.24, 2.45) is 0 Å². The van der Waals surface area contributed by atoms with E-state index in [2.05, 4.69) is 0 Å². The second-order valence-corrected chi connectivity index (χ2v) is 4.55. The van der Waals surface area contributed by atoms with Crippen LogP contribution in [0.15, 0.2) is 42.5 Å². The second kappa shape index (κ2) is 6.88. The van der Waals surface area contributed by atoms with Crippen LogP contribution in [0.25, 0.3) is 0 Å². The van der Waals surface area contributed by atoms with Gasteiger partial charge in [0.05, 0.1) is 13.7 Å². The number of ether oxygens (including phenoxy) is 2. The van der Waals surface area contributed by atoms with Gasteiger partial charge in [-0.05, 0) is 48.9 Å². The minimum atomic E-state index is -0.550. The van der Waals surface area contributed by atoms with Crippen LogP contribution >= 0.6 is 0 Å². The summed E-state index contributed by atoms with van der Waals surface area (Å²) in [5, 5.41) is 0. The van der Waals surface area contributed by atoms with Gasteiger partial charge in [0.2, 0.25) is 0 Å². The van der Waals surface area contributed by atoms with Crippen molar-refractivity contribution in [2.45, 2.75) is 13.3 Å². The van der Waals surface area contributed by atoms with Gasteiger partial charge in [0.25, 0.3) is 0 Å². The van der Waals surface area contributed by atoms with E-state index in [4.69, 9.17) is 9.47 Å². The van der Waals surface area contributed by atoms with Crippen LogP contribution in [-0.2, 0) is 0 Å². The first-order valence-corrected chi connectivity index (χ1v) is 6.76. The number of benzene rings is 2. The number of hydrogen-bond donors (Lipinski definition) is 0. The third-order valence-electron chi connectivity index (χ3n) is 3.00. The van der Waals surface area contributed by atoms with E-state index in [1.54, 1.807) is 30.3 Å². The Kier molecular flexibility index (Phi) is 4.93. The van der Waals surface area contributed by atoms with Crippen molar-refractivity contribution in [3.8, 4) is 11.5 Å². The quantitative estimate of drug-likeness (QED) is 0.757. The van der Waals surface area contributed by atoms with Gasteiger partial charge in [-0.3, -0.25) is 4.79 Å². The fraction of sp³-hybridized carbons (Fsp3) is 0.235. The van der Waals surface area contributed by atoms with E-state index in [1.807, 2.05) is 6.92 Å². The molecular formula is C17H17FO3. The molecule has 0 unspecified atom stereocenters. The first-order chi connectivity index (χ1) is 10.2. The zero-order valence-electron chi connectivity index (χ0n) is 12.1. The SMILES string of the molecule is CCCOc1ccc(C(=O)c2ccc(OC)c(F)c2)cc1. The van der Waals surface area contributed by atoms with Crippen LogP contribution in [0.2, 0.25) is 0 Å². The van der Waals surface area contributed by atoms with Crippen molar-refractivity contribution in [3.63, 3.8) is 0 Å². The van der Waals surface area contributed by atoms with Crippen LogP contribution in [0, 0.1) is 5.82 Å². The van der Waals surface area contributed by atoms with E-state index in [0.717, 1.165) is 6.42 Å². The minimum absolute atomic E-state index is 0.120. The molecule has 21 heavy (non-hydrogen) atoms. The lowest BCUT2D eigenvalue weighted by Gasteiger charge is -2.07. The largest absolute Gasteiger partial charge is 0.494 e. The Bertz CT molecular complexity index is 620. The van der Waals surface area contributed by atoms with Crippen molar-refractivity contribution in [1.29, 1.82) is 0 Å². The fourth-order valence-electron chi connectivity index (χ4n) is 1.90. The first-order valence-electron chi connectivity index (χ1n) is 6.76. The van der Waals surface area contributed by atoms with E-state index in [-0.39, 0.29) is 17.1 Å². The number of carbonyl (C=O) groups excluding carboxylic acids is 1. The number of ketones is 1. The number of rotatable bonds is 6. The number of methoxy groups -OCH3 is 1. The van der Waals surface area contributed by atoms with Crippen LogP contribution in [0.4, 0.5) is 4.39 Å². The predicted octanol–water partition coefficient (Wildman–Crippen LogP) is 3.85. The number of hydrogen-bond acceptors (Lipinski definition) is 3. The molecule has 0 atom stereocenters. The highest BCUT2D eigenvalue weighted by Crippen LogP contribution is 2.21. The summed E-state index contributed by atoms with van der Waals surface area (Å²) in [5.74, 6) is 0.0500. The van der Waals surface area contributed by atoms with Gasteiger partial charge < -0.3 is 9.47 Å². The smallest absolute Gasteiger partial charge is 0.193 e. The van der Waals surface area contributed by atoms with Gasteiger partial charge in [-0.1, -0.05) is 6.92 Å². The summed E-state index contributed by atoms with van der Waals surface area (Å²) in [4.78, 5) is 12.3. The zero-order chi connectivity index (χ0) is 15.2. The van der Waals surface area contributed by atoms with Gasteiger partial charge in [0.15, 0.2) is 17.3 Å². The zero-order valence-corrected chi connectivity index (χ0v) is 12.1. The van der Waals surface area contributed by atoms with Crippen molar-refractivity contribution in [3.05, 3.63) is 59.4 Å². The maximum absolute atomic E-state index is 13.6. The van der Waals surface area contributed by atoms with E-state index in [9.17, 15) is 9.18 Å². The molecule has 2 aromatic rings. The molecule has 0 aliphatic heterocycles. The first kappa shape index (κ1) is 15.0. The lowest BCUT2D eigenvalue weighted by atomic mass is 10.0. The molecule has 0 aliphatic rings. The molecule has 0 fully saturated rings. The van der Waals surface area contributed by atoms with Crippen molar-refractivity contribution in [1.82, 2.24) is 0 Å². The monoisotopic (exact) mass is 288 g/mol. The summed E-state index contributed by atoms with van der Waals surface area (Å²) in [7, 11) is 1.38. The Hall–Kier alpha value is -2.36. The molecule has 110 valence electrons. The summed E-state index contributed by atoms with van der Waals surface area (Å²) in [5.41, 5.74) is 0.777. The molecule has 2 aromatic carbocycles.